The van der Waals surface area contributed by atoms with Crippen molar-refractivity contribution < 1.29 is 19.4 Å². The normalized spacial score (nSPS) is 20.8. The molecule has 1 aliphatic heterocycles. The second-order valence-corrected chi connectivity index (χ2v) is 8.76. The first kappa shape index (κ1) is 22.9. The van der Waals surface area contributed by atoms with Crippen LogP contribution < -0.4 is 4.74 Å². The Morgan fingerprint density at radius 2 is 1.88 bits per heavy atom. The van der Waals surface area contributed by atoms with E-state index < -0.39 is 17.9 Å². The standard InChI is InChI=1S/C26H31N3O4/c1-4-13-28(2)23(30)16-29-15-21(19-6-5-17-11-12-27-22(17)14-19)24(26(31)32)25(29)18-7-9-20(33-3)10-8-18/h5-12,14,21,24-25,27H,4,13,15-16H2,1-3H3,(H,31,32)/t21-,24+,25-/m1/s1. The minimum atomic E-state index is -0.857. The zero-order chi connectivity index (χ0) is 23.5. The molecule has 3 atom stereocenters. The molecule has 33 heavy (non-hydrogen) atoms. The van der Waals surface area contributed by atoms with Crippen molar-refractivity contribution in [1.29, 1.82) is 0 Å². The van der Waals surface area contributed by atoms with Crippen molar-refractivity contribution in [3.63, 3.8) is 0 Å². The molecule has 1 fully saturated rings. The van der Waals surface area contributed by atoms with Crippen molar-refractivity contribution in [3.8, 4) is 5.75 Å². The van der Waals surface area contributed by atoms with E-state index in [1.165, 1.54) is 0 Å². The van der Waals surface area contributed by atoms with Gasteiger partial charge in [0.05, 0.1) is 19.6 Å². The van der Waals surface area contributed by atoms with Crippen molar-refractivity contribution >= 4 is 22.8 Å². The van der Waals surface area contributed by atoms with Crippen LogP contribution in [0, 0.1) is 5.92 Å². The van der Waals surface area contributed by atoms with E-state index >= 15 is 0 Å². The fourth-order valence-corrected chi connectivity index (χ4v) is 4.98. The van der Waals surface area contributed by atoms with E-state index in [9.17, 15) is 14.7 Å². The third kappa shape index (κ3) is 4.59. The first-order valence-corrected chi connectivity index (χ1v) is 11.3. The van der Waals surface area contributed by atoms with Crippen molar-refractivity contribution in [3.05, 3.63) is 65.9 Å². The van der Waals surface area contributed by atoms with Crippen LogP contribution in [-0.2, 0) is 9.59 Å². The number of amides is 1. The number of aliphatic carboxylic acids is 1. The van der Waals surface area contributed by atoms with Gasteiger partial charge in [0.1, 0.15) is 5.75 Å². The van der Waals surface area contributed by atoms with E-state index in [4.69, 9.17) is 4.74 Å². The van der Waals surface area contributed by atoms with Crippen molar-refractivity contribution in [1.82, 2.24) is 14.8 Å². The van der Waals surface area contributed by atoms with Gasteiger partial charge in [-0.05, 0) is 47.2 Å². The number of benzene rings is 2. The number of fused-ring (bicyclic) bond motifs is 1. The van der Waals surface area contributed by atoms with Crippen molar-refractivity contribution in [2.45, 2.75) is 25.3 Å². The number of carbonyl (C=O) groups excluding carboxylic acids is 1. The molecule has 1 saturated heterocycles. The number of rotatable bonds is 8. The average Bonchev–Trinajstić information content (AvgIpc) is 3.43. The van der Waals surface area contributed by atoms with E-state index in [1.54, 1.807) is 19.1 Å². The second-order valence-electron chi connectivity index (χ2n) is 8.76. The highest BCUT2D eigenvalue weighted by Gasteiger charge is 2.48. The smallest absolute Gasteiger partial charge is 0.309 e. The van der Waals surface area contributed by atoms with E-state index in [0.29, 0.717) is 18.8 Å². The Morgan fingerprint density at radius 3 is 2.55 bits per heavy atom. The first-order chi connectivity index (χ1) is 15.9. The number of nitrogens with one attached hydrogen (secondary N) is 1. The number of carboxylic acids is 1. The summed E-state index contributed by atoms with van der Waals surface area (Å²) in [5.74, 6) is -1.08. The number of hydrogen-bond acceptors (Lipinski definition) is 4. The highest BCUT2D eigenvalue weighted by molar-refractivity contribution is 5.81. The lowest BCUT2D eigenvalue weighted by Crippen LogP contribution is -2.39. The molecule has 0 saturated carbocycles. The van der Waals surface area contributed by atoms with Gasteiger partial charge in [-0.1, -0.05) is 31.2 Å². The first-order valence-electron chi connectivity index (χ1n) is 11.3. The molecule has 1 aliphatic rings. The van der Waals surface area contributed by atoms with Crippen LogP contribution in [-0.4, -0.2) is 65.6 Å². The SMILES string of the molecule is CCCN(C)C(=O)CN1C[C@H](c2ccc3cc[nH]c3c2)[C@H](C(=O)O)[C@H]1c1ccc(OC)cc1. The second kappa shape index (κ2) is 9.67. The molecular formula is C26H31N3O4. The summed E-state index contributed by atoms with van der Waals surface area (Å²) in [6.45, 7) is 3.38. The third-order valence-electron chi connectivity index (χ3n) is 6.67. The third-order valence-corrected chi connectivity index (χ3v) is 6.67. The molecule has 0 aliphatic carbocycles. The highest BCUT2D eigenvalue weighted by atomic mass is 16.5. The molecule has 7 heteroatoms. The number of methoxy groups -OCH3 is 1. The summed E-state index contributed by atoms with van der Waals surface area (Å²) >= 11 is 0. The predicted octanol–water partition coefficient (Wildman–Crippen LogP) is 3.89. The number of aromatic nitrogens is 1. The van der Waals surface area contributed by atoms with Crippen LogP contribution in [0.15, 0.2) is 54.7 Å². The molecule has 2 N–H and O–H groups in total. The number of hydrogen-bond donors (Lipinski definition) is 2. The Kier molecular flexibility index (Phi) is 6.70. The number of H-pyrrole nitrogens is 1. The number of carbonyl (C=O) groups is 2. The molecule has 0 spiro atoms. The van der Waals surface area contributed by atoms with Crippen molar-refractivity contribution in [2.24, 2.45) is 5.92 Å². The minimum Gasteiger partial charge on any atom is -0.497 e. The van der Waals surface area contributed by atoms with E-state index in [2.05, 4.69) is 4.98 Å². The number of carboxylic acid groups (broad SMARTS) is 1. The molecule has 3 aromatic rings. The zero-order valence-electron chi connectivity index (χ0n) is 19.3. The molecule has 2 heterocycles. The van der Waals surface area contributed by atoms with Crippen LogP contribution in [0.5, 0.6) is 5.75 Å². The fourth-order valence-electron chi connectivity index (χ4n) is 4.98. The van der Waals surface area contributed by atoms with Gasteiger partial charge in [0.25, 0.3) is 0 Å². The zero-order valence-corrected chi connectivity index (χ0v) is 19.3. The average molecular weight is 450 g/mol. The molecular weight excluding hydrogens is 418 g/mol. The Labute approximate surface area is 194 Å². The molecule has 4 rings (SSSR count). The molecule has 0 bridgehead atoms. The molecule has 0 radical (unpaired) electrons. The summed E-state index contributed by atoms with van der Waals surface area (Å²) in [5, 5.41) is 11.4. The molecule has 174 valence electrons. The maximum Gasteiger partial charge on any atom is 0.309 e. The van der Waals surface area contributed by atoms with Gasteiger partial charge in [-0.2, -0.15) is 0 Å². The summed E-state index contributed by atoms with van der Waals surface area (Å²) in [6, 6.07) is 15.1. The molecule has 1 aromatic heterocycles. The monoisotopic (exact) mass is 449 g/mol. The minimum absolute atomic E-state index is 0.0000273. The Bertz CT molecular complexity index is 1120. The Morgan fingerprint density at radius 1 is 1.15 bits per heavy atom. The molecule has 0 unspecified atom stereocenters. The van der Waals surface area contributed by atoms with Crippen LogP contribution in [0.1, 0.15) is 36.4 Å². The largest absolute Gasteiger partial charge is 0.497 e. The fraction of sp³-hybridized carbons (Fsp3) is 0.385. The van der Waals surface area contributed by atoms with Gasteiger partial charge in [-0.15, -0.1) is 0 Å². The number of nitrogens with zero attached hydrogens (tertiary/aromatic N) is 2. The van der Waals surface area contributed by atoms with Crippen LogP contribution in [0.25, 0.3) is 10.9 Å². The van der Waals surface area contributed by atoms with E-state index in [0.717, 1.165) is 28.5 Å². The molecule has 1 amide bonds. The Balaban J connectivity index is 1.73. The maximum absolute atomic E-state index is 12.9. The number of likely N-dealkylation sites (N-methyl/N-ethyl adjacent to an activating group) is 1. The quantitative estimate of drug-likeness (QED) is 0.545. The van der Waals surface area contributed by atoms with Gasteiger partial charge >= 0.3 is 5.97 Å². The van der Waals surface area contributed by atoms with Crippen LogP contribution in [0.4, 0.5) is 0 Å². The lowest BCUT2D eigenvalue weighted by molar-refractivity contribution is -0.143. The number of ether oxygens (including phenoxy) is 1. The number of likely N-dealkylation sites (tertiary alicyclic amines) is 1. The van der Waals surface area contributed by atoms with E-state index in [1.807, 2.05) is 66.6 Å². The van der Waals surface area contributed by atoms with Crippen LogP contribution in [0.2, 0.25) is 0 Å². The highest BCUT2D eigenvalue weighted by Crippen LogP contribution is 2.46. The Hall–Kier alpha value is -3.32. The summed E-state index contributed by atoms with van der Waals surface area (Å²) in [6.07, 6.45) is 2.76. The van der Waals surface area contributed by atoms with E-state index in [-0.39, 0.29) is 18.4 Å². The van der Waals surface area contributed by atoms with Gasteiger partial charge in [0.15, 0.2) is 0 Å². The summed E-state index contributed by atoms with van der Waals surface area (Å²) in [7, 11) is 3.40. The molecule has 2 aromatic carbocycles. The van der Waals surface area contributed by atoms with Crippen LogP contribution in [0.3, 0.4) is 0 Å². The van der Waals surface area contributed by atoms with Gasteiger partial charge in [0, 0.05) is 43.8 Å². The topological polar surface area (TPSA) is 85.9 Å². The summed E-state index contributed by atoms with van der Waals surface area (Å²) in [5.41, 5.74) is 2.82. The van der Waals surface area contributed by atoms with Gasteiger partial charge in [-0.3, -0.25) is 14.5 Å². The van der Waals surface area contributed by atoms with Crippen molar-refractivity contribution in [2.75, 3.05) is 33.8 Å². The van der Waals surface area contributed by atoms with Crippen LogP contribution >= 0.6 is 0 Å². The lowest BCUT2D eigenvalue weighted by Gasteiger charge is -2.28. The number of aromatic amines is 1. The lowest BCUT2D eigenvalue weighted by atomic mass is 9.82. The maximum atomic E-state index is 12.9. The predicted molar refractivity (Wildman–Crippen MR) is 127 cm³/mol. The van der Waals surface area contributed by atoms with Gasteiger partial charge in [0.2, 0.25) is 5.91 Å². The summed E-state index contributed by atoms with van der Waals surface area (Å²) < 4.78 is 5.29. The summed E-state index contributed by atoms with van der Waals surface area (Å²) in [4.78, 5) is 32.5. The molecule has 7 nitrogen and oxygen atoms in total. The van der Waals surface area contributed by atoms with Gasteiger partial charge < -0.3 is 19.7 Å². The van der Waals surface area contributed by atoms with Gasteiger partial charge in [-0.25, -0.2) is 0 Å².